The van der Waals surface area contributed by atoms with Gasteiger partial charge in [0.05, 0.1) is 18.8 Å². The van der Waals surface area contributed by atoms with Crippen LogP contribution in [0, 0.1) is 0 Å². The van der Waals surface area contributed by atoms with Gasteiger partial charge in [0.2, 0.25) is 5.91 Å². The third kappa shape index (κ3) is 44.6. The molecule has 0 bridgehead atoms. The van der Waals surface area contributed by atoms with Crippen LogP contribution < -0.4 is 5.32 Å². The fourth-order valence-corrected chi connectivity index (χ4v) is 8.31. The van der Waals surface area contributed by atoms with Gasteiger partial charge in [-0.2, -0.15) is 0 Å². The van der Waals surface area contributed by atoms with Gasteiger partial charge in [-0.1, -0.05) is 243 Å². The first kappa shape index (κ1) is 58.6. The Kier molecular flexibility index (Phi) is 49.0. The molecule has 0 aromatic rings. The molecule has 5 nitrogen and oxygen atoms in total. The molecule has 0 saturated heterocycles. The standard InChI is InChI=1S/C55H105NO4/c1-3-5-7-9-11-13-15-17-19-20-21-22-23-24-25-26-27-28-29-30-31-32-33-34-36-38-40-42-44-46-48-50-54(59)56-52(51-57)55(60)53(58)49-47-45-43-41-39-37-35-18-16-14-12-10-8-6-4-2/h21-22,24-25,41,43,52-53,55,57-58,60H,3-20,23,26-40,42,44-51H2,1-2H3,(H,56,59)/b22-21-,25-24-,43-41+. The van der Waals surface area contributed by atoms with Crippen molar-refractivity contribution >= 4 is 5.91 Å². The number of unbranched alkanes of at least 4 members (excludes halogenated alkanes) is 35. The predicted octanol–water partition coefficient (Wildman–Crippen LogP) is 16.3. The first-order valence-corrected chi connectivity index (χ1v) is 26.8. The molecule has 0 radical (unpaired) electrons. The van der Waals surface area contributed by atoms with Crippen molar-refractivity contribution in [1.29, 1.82) is 0 Å². The van der Waals surface area contributed by atoms with E-state index in [0.717, 1.165) is 44.9 Å². The summed E-state index contributed by atoms with van der Waals surface area (Å²) in [7, 11) is 0. The summed E-state index contributed by atoms with van der Waals surface area (Å²) >= 11 is 0. The highest BCUT2D eigenvalue weighted by Gasteiger charge is 2.26. The molecule has 4 N–H and O–H groups in total. The van der Waals surface area contributed by atoms with Crippen molar-refractivity contribution in [2.24, 2.45) is 0 Å². The van der Waals surface area contributed by atoms with Crippen LogP contribution in [-0.4, -0.2) is 46.1 Å². The van der Waals surface area contributed by atoms with Crippen molar-refractivity contribution in [2.45, 2.75) is 302 Å². The molecule has 3 atom stereocenters. The molecule has 0 rings (SSSR count). The second kappa shape index (κ2) is 50.2. The molecular weight excluding hydrogens is 739 g/mol. The van der Waals surface area contributed by atoms with Crippen LogP contribution in [0.25, 0.3) is 0 Å². The van der Waals surface area contributed by atoms with Crippen LogP contribution >= 0.6 is 0 Å². The summed E-state index contributed by atoms with van der Waals surface area (Å²) in [5.41, 5.74) is 0. The number of rotatable bonds is 49. The van der Waals surface area contributed by atoms with E-state index in [9.17, 15) is 20.1 Å². The normalized spacial score (nSPS) is 13.6. The topological polar surface area (TPSA) is 89.8 Å². The minimum atomic E-state index is -1.16. The summed E-state index contributed by atoms with van der Waals surface area (Å²) in [6.07, 6.45) is 64.4. The Labute approximate surface area is 374 Å². The summed E-state index contributed by atoms with van der Waals surface area (Å²) in [6, 6.07) is -0.825. The Morgan fingerprint density at radius 1 is 0.417 bits per heavy atom. The van der Waals surface area contributed by atoms with Crippen molar-refractivity contribution in [2.75, 3.05) is 6.61 Å². The quantitative estimate of drug-likeness (QED) is 0.0363. The lowest BCUT2D eigenvalue weighted by Gasteiger charge is -2.26. The van der Waals surface area contributed by atoms with Crippen molar-refractivity contribution in [3.8, 4) is 0 Å². The first-order chi connectivity index (χ1) is 29.6. The van der Waals surface area contributed by atoms with Crippen LogP contribution in [0.2, 0.25) is 0 Å². The smallest absolute Gasteiger partial charge is 0.220 e. The highest BCUT2D eigenvalue weighted by atomic mass is 16.3. The largest absolute Gasteiger partial charge is 0.394 e. The third-order valence-corrected chi connectivity index (χ3v) is 12.5. The Hall–Kier alpha value is -1.43. The molecule has 0 fully saturated rings. The molecule has 0 aromatic heterocycles. The van der Waals surface area contributed by atoms with Gasteiger partial charge in [0.15, 0.2) is 0 Å². The second-order valence-electron chi connectivity index (χ2n) is 18.4. The number of aliphatic hydroxyl groups excluding tert-OH is 3. The fourth-order valence-electron chi connectivity index (χ4n) is 8.31. The van der Waals surface area contributed by atoms with E-state index < -0.39 is 18.2 Å². The van der Waals surface area contributed by atoms with Crippen molar-refractivity contribution in [3.63, 3.8) is 0 Å². The number of carbonyl (C=O) groups is 1. The Balaban J connectivity index is 3.54. The molecule has 354 valence electrons. The predicted molar refractivity (Wildman–Crippen MR) is 264 cm³/mol. The Morgan fingerprint density at radius 3 is 1.07 bits per heavy atom. The van der Waals surface area contributed by atoms with Crippen molar-refractivity contribution in [3.05, 3.63) is 36.5 Å². The van der Waals surface area contributed by atoms with Gasteiger partial charge >= 0.3 is 0 Å². The summed E-state index contributed by atoms with van der Waals surface area (Å²) < 4.78 is 0. The summed E-state index contributed by atoms with van der Waals surface area (Å²) in [5, 5.41) is 33.6. The summed E-state index contributed by atoms with van der Waals surface area (Å²) in [5.74, 6) is -0.152. The molecule has 0 aromatic carbocycles. The maximum absolute atomic E-state index is 12.5. The molecule has 0 saturated carbocycles. The third-order valence-electron chi connectivity index (χ3n) is 12.5. The molecule has 0 spiro atoms. The molecular formula is C55H105NO4. The average Bonchev–Trinajstić information content (AvgIpc) is 3.25. The van der Waals surface area contributed by atoms with Crippen LogP contribution in [0.5, 0.6) is 0 Å². The van der Waals surface area contributed by atoms with E-state index in [1.165, 1.54) is 212 Å². The number of amides is 1. The number of aliphatic hydroxyl groups is 3. The molecule has 5 heteroatoms. The lowest BCUT2D eigenvalue weighted by Crippen LogP contribution is -2.50. The van der Waals surface area contributed by atoms with E-state index >= 15 is 0 Å². The van der Waals surface area contributed by atoms with E-state index in [2.05, 4.69) is 55.6 Å². The molecule has 1 amide bonds. The molecule has 60 heavy (non-hydrogen) atoms. The molecule has 0 aliphatic heterocycles. The first-order valence-electron chi connectivity index (χ1n) is 26.8. The van der Waals surface area contributed by atoms with E-state index in [1.807, 2.05) is 0 Å². The van der Waals surface area contributed by atoms with E-state index in [1.54, 1.807) is 0 Å². The summed E-state index contributed by atoms with van der Waals surface area (Å²) in [4.78, 5) is 12.5. The van der Waals surface area contributed by atoms with Crippen LogP contribution in [0.1, 0.15) is 284 Å². The maximum Gasteiger partial charge on any atom is 0.220 e. The fraction of sp³-hybridized carbons (Fsp3) is 0.873. The number of hydrogen-bond donors (Lipinski definition) is 4. The van der Waals surface area contributed by atoms with Gasteiger partial charge < -0.3 is 20.6 Å². The highest BCUT2D eigenvalue weighted by molar-refractivity contribution is 5.76. The highest BCUT2D eigenvalue weighted by Crippen LogP contribution is 2.16. The van der Waals surface area contributed by atoms with Gasteiger partial charge in [-0.25, -0.2) is 0 Å². The SMILES string of the molecule is CCCCCCCCCCC/C=C\C/C=C\CCCCCCCCCCCCCCCCCC(=O)NC(CO)C(O)C(O)CCC/C=C/CCCCCCCCCCCC. The number of allylic oxidation sites excluding steroid dienone is 6. The van der Waals surface area contributed by atoms with Crippen LogP contribution in [-0.2, 0) is 4.79 Å². The Morgan fingerprint density at radius 2 is 0.717 bits per heavy atom. The molecule has 0 aliphatic rings. The second-order valence-corrected chi connectivity index (χ2v) is 18.4. The maximum atomic E-state index is 12.5. The van der Waals surface area contributed by atoms with E-state index in [0.29, 0.717) is 12.8 Å². The number of hydrogen-bond acceptors (Lipinski definition) is 4. The zero-order chi connectivity index (χ0) is 43.7. The molecule has 0 heterocycles. The summed E-state index contributed by atoms with van der Waals surface area (Å²) in [6.45, 7) is 4.18. The van der Waals surface area contributed by atoms with Crippen LogP contribution in [0.3, 0.4) is 0 Å². The number of nitrogens with one attached hydrogen (secondary N) is 1. The van der Waals surface area contributed by atoms with Crippen LogP contribution in [0.4, 0.5) is 0 Å². The van der Waals surface area contributed by atoms with Crippen molar-refractivity contribution in [1.82, 2.24) is 5.32 Å². The average molecular weight is 844 g/mol. The van der Waals surface area contributed by atoms with Gasteiger partial charge in [0.1, 0.15) is 6.10 Å². The monoisotopic (exact) mass is 844 g/mol. The zero-order valence-electron chi connectivity index (χ0n) is 40.4. The lowest BCUT2D eigenvalue weighted by molar-refractivity contribution is -0.124. The van der Waals surface area contributed by atoms with Crippen LogP contribution in [0.15, 0.2) is 36.5 Å². The minimum absolute atomic E-state index is 0.152. The number of carbonyl (C=O) groups excluding carboxylic acids is 1. The van der Waals surface area contributed by atoms with E-state index in [-0.39, 0.29) is 12.5 Å². The Bertz CT molecular complexity index is 931. The lowest BCUT2D eigenvalue weighted by atomic mass is 10.0. The molecule has 3 unspecified atom stereocenters. The van der Waals surface area contributed by atoms with Gasteiger partial charge in [0.25, 0.3) is 0 Å². The minimum Gasteiger partial charge on any atom is -0.394 e. The van der Waals surface area contributed by atoms with Gasteiger partial charge in [-0.3, -0.25) is 4.79 Å². The zero-order valence-corrected chi connectivity index (χ0v) is 40.4. The van der Waals surface area contributed by atoms with Gasteiger partial charge in [-0.05, 0) is 70.6 Å². The van der Waals surface area contributed by atoms with E-state index in [4.69, 9.17) is 0 Å². The van der Waals surface area contributed by atoms with Gasteiger partial charge in [0, 0.05) is 6.42 Å². The van der Waals surface area contributed by atoms with Crippen molar-refractivity contribution < 1.29 is 20.1 Å². The van der Waals surface area contributed by atoms with Gasteiger partial charge in [-0.15, -0.1) is 0 Å². The molecule has 0 aliphatic carbocycles.